The predicted molar refractivity (Wildman–Crippen MR) is 79.5 cm³/mol. The van der Waals surface area contributed by atoms with Crippen molar-refractivity contribution >= 4 is 16.5 Å². The number of hydrogen-bond acceptors (Lipinski definition) is 6. The van der Waals surface area contributed by atoms with E-state index >= 15 is 0 Å². The molecule has 112 valence electrons. The fourth-order valence-electron chi connectivity index (χ4n) is 3.56. The maximum atomic E-state index is 10.2. The Balaban J connectivity index is 1.56. The molecule has 1 saturated carbocycles. The lowest BCUT2D eigenvalue weighted by atomic mass is 9.58. The summed E-state index contributed by atoms with van der Waals surface area (Å²) in [6, 6.07) is 0. The highest BCUT2D eigenvalue weighted by atomic mass is 32.1. The molecule has 0 radical (unpaired) electrons. The van der Waals surface area contributed by atoms with Gasteiger partial charge in [-0.15, -0.1) is 11.3 Å². The van der Waals surface area contributed by atoms with E-state index in [0.717, 1.165) is 45.5 Å². The second-order valence-corrected chi connectivity index (χ2v) is 7.02. The summed E-state index contributed by atoms with van der Waals surface area (Å²) in [6.45, 7) is 5.71. The van der Waals surface area contributed by atoms with E-state index in [-0.39, 0.29) is 17.6 Å². The van der Waals surface area contributed by atoms with Crippen molar-refractivity contribution in [1.29, 1.82) is 0 Å². The molecule has 0 amide bonds. The SMILES string of the molecule is CCOC1CC(O)C12CCN(Cc1cnc(N)s1)CC2. The first-order valence-corrected chi connectivity index (χ1v) is 8.18. The molecule has 1 aromatic heterocycles. The molecule has 3 rings (SSSR count). The van der Waals surface area contributed by atoms with Crippen LogP contribution in [0.2, 0.25) is 0 Å². The summed E-state index contributed by atoms with van der Waals surface area (Å²) in [7, 11) is 0. The molecule has 1 saturated heterocycles. The first kappa shape index (κ1) is 14.3. The van der Waals surface area contributed by atoms with Gasteiger partial charge in [0.1, 0.15) is 0 Å². The van der Waals surface area contributed by atoms with Gasteiger partial charge in [0.2, 0.25) is 0 Å². The molecule has 5 nitrogen and oxygen atoms in total. The van der Waals surface area contributed by atoms with Gasteiger partial charge in [0.25, 0.3) is 0 Å². The number of piperidine rings is 1. The highest BCUT2D eigenvalue weighted by Crippen LogP contribution is 2.51. The first-order valence-electron chi connectivity index (χ1n) is 7.36. The average molecular weight is 297 g/mol. The molecule has 1 aliphatic carbocycles. The van der Waals surface area contributed by atoms with Gasteiger partial charge in [0.15, 0.2) is 5.13 Å². The first-order chi connectivity index (χ1) is 9.64. The van der Waals surface area contributed by atoms with Crippen LogP contribution in [-0.2, 0) is 11.3 Å². The number of hydrogen-bond donors (Lipinski definition) is 2. The summed E-state index contributed by atoms with van der Waals surface area (Å²) < 4.78 is 5.80. The molecular formula is C14H23N3O2S. The van der Waals surface area contributed by atoms with E-state index in [0.29, 0.717) is 5.13 Å². The molecule has 2 aliphatic rings. The lowest BCUT2D eigenvalue weighted by Crippen LogP contribution is -2.62. The summed E-state index contributed by atoms with van der Waals surface area (Å²) in [5.74, 6) is 0. The third kappa shape index (κ3) is 2.45. The second-order valence-electron chi connectivity index (χ2n) is 5.87. The molecule has 20 heavy (non-hydrogen) atoms. The third-order valence-electron chi connectivity index (χ3n) is 4.85. The molecule has 6 heteroatoms. The van der Waals surface area contributed by atoms with Crippen LogP contribution >= 0.6 is 11.3 Å². The molecule has 2 fully saturated rings. The van der Waals surface area contributed by atoms with E-state index in [2.05, 4.69) is 9.88 Å². The third-order valence-corrected chi connectivity index (χ3v) is 5.66. The molecule has 2 heterocycles. The monoisotopic (exact) mass is 297 g/mol. The Morgan fingerprint density at radius 2 is 2.30 bits per heavy atom. The van der Waals surface area contributed by atoms with Crippen LogP contribution < -0.4 is 5.73 Å². The minimum Gasteiger partial charge on any atom is -0.392 e. The van der Waals surface area contributed by atoms with E-state index in [1.54, 1.807) is 11.3 Å². The molecule has 0 aromatic carbocycles. The predicted octanol–water partition coefficient (Wildman–Crippen LogP) is 1.48. The quantitative estimate of drug-likeness (QED) is 0.881. The molecule has 2 unspecified atom stereocenters. The fraction of sp³-hybridized carbons (Fsp3) is 0.786. The summed E-state index contributed by atoms with van der Waals surface area (Å²) in [6.07, 6.45) is 4.79. The van der Waals surface area contributed by atoms with E-state index < -0.39 is 0 Å². The van der Waals surface area contributed by atoms with Crippen LogP contribution in [0.3, 0.4) is 0 Å². The number of likely N-dealkylation sites (tertiary alicyclic amines) is 1. The Labute approximate surface area is 123 Å². The number of nitrogens with two attached hydrogens (primary N) is 1. The number of aliphatic hydroxyl groups excluding tert-OH is 1. The lowest BCUT2D eigenvalue weighted by Gasteiger charge is -2.56. The van der Waals surface area contributed by atoms with Crippen molar-refractivity contribution in [2.24, 2.45) is 5.41 Å². The van der Waals surface area contributed by atoms with Gasteiger partial charge in [-0.1, -0.05) is 0 Å². The largest absolute Gasteiger partial charge is 0.392 e. The van der Waals surface area contributed by atoms with Crippen LogP contribution in [-0.4, -0.2) is 46.9 Å². The number of rotatable bonds is 4. The van der Waals surface area contributed by atoms with Crippen molar-refractivity contribution in [2.75, 3.05) is 25.4 Å². The number of aromatic nitrogens is 1. The standard InChI is InChI=1S/C14H23N3O2S/c1-2-19-12-7-11(18)14(12)3-5-17(6-4-14)9-10-8-16-13(15)20-10/h8,11-12,18H,2-7,9H2,1H3,(H2,15,16). The Kier molecular flexibility index (Phi) is 3.99. The smallest absolute Gasteiger partial charge is 0.180 e. The zero-order valence-electron chi connectivity index (χ0n) is 11.9. The van der Waals surface area contributed by atoms with Gasteiger partial charge in [-0.05, 0) is 32.9 Å². The molecule has 0 bridgehead atoms. The van der Waals surface area contributed by atoms with Crippen LogP contribution in [0.15, 0.2) is 6.20 Å². The number of anilines is 1. The normalized spacial score (nSPS) is 29.5. The topological polar surface area (TPSA) is 71.6 Å². The maximum Gasteiger partial charge on any atom is 0.180 e. The zero-order chi connectivity index (χ0) is 14.2. The summed E-state index contributed by atoms with van der Waals surface area (Å²) in [4.78, 5) is 7.74. The van der Waals surface area contributed by atoms with Gasteiger partial charge < -0.3 is 15.6 Å². The molecule has 1 spiro atoms. The van der Waals surface area contributed by atoms with Gasteiger partial charge >= 0.3 is 0 Å². The van der Waals surface area contributed by atoms with Crippen LogP contribution in [0.4, 0.5) is 5.13 Å². The van der Waals surface area contributed by atoms with Crippen molar-refractivity contribution in [3.05, 3.63) is 11.1 Å². The Morgan fingerprint density at radius 1 is 1.55 bits per heavy atom. The van der Waals surface area contributed by atoms with Crippen molar-refractivity contribution < 1.29 is 9.84 Å². The lowest BCUT2D eigenvalue weighted by molar-refractivity contribution is -0.209. The molecule has 2 atom stereocenters. The fourth-order valence-corrected chi connectivity index (χ4v) is 4.29. The molecular weight excluding hydrogens is 274 g/mol. The number of aliphatic hydroxyl groups is 1. The minimum absolute atomic E-state index is 0.0131. The van der Waals surface area contributed by atoms with Crippen LogP contribution in [0, 0.1) is 5.41 Å². The van der Waals surface area contributed by atoms with Gasteiger partial charge in [-0.3, -0.25) is 4.90 Å². The number of nitrogens with zero attached hydrogens (tertiary/aromatic N) is 2. The summed E-state index contributed by atoms with van der Waals surface area (Å²) in [5.41, 5.74) is 5.68. The zero-order valence-corrected chi connectivity index (χ0v) is 12.7. The van der Waals surface area contributed by atoms with Crippen LogP contribution in [0.25, 0.3) is 0 Å². The Morgan fingerprint density at radius 3 is 2.85 bits per heavy atom. The van der Waals surface area contributed by atoms with Gasteiger partial charge in [-0.25, -0.2) is 4.98 Å². The molecule has 3 N–H and O–H groups in total. The van der Waals surface area contributed by atoms with E-state index in [9.17, 15) is 5.11 Å². The van der Waals surface area contributed by atoms with Crippen LogP contribution in [0.5, 0.6) is 0 Å². The van der Waals surface area contributed by atoms with E-state index in [4.69, 9.17) is 10.5 Å². The molecule has 1 aromatic rings. The van der Waals surface area contributed by atoms with Gasteiger partial charge in [0, 0.05) is 36.1 Å². The highest BCUT2D eigenvalue weighted by molar-refractivity contribution is 7.15. The number of nitrogen functional groups attached to an aromatic ring is 1. The van der Waals surface area contributed by atoms with Crippen molar-refractivity contribution in [2.45, 2.75) is 44.9 Å². The number of ether oxygens (including phenoxy) is 1. The van der Waals surface area contributed by atoms with E-state index in [1.807, 2.05) is 13.1 Å². The minimum atomic E-state index is -0.180. The highest BCUT2D eigenvalue weighted by Gasteiger charge is 2.55. The summed E-state index contributed by atoms with van der Waals surface area (Å²) in [5, 5.41) is 10.8. The average Bonchev–Trinajstić information content (AvgIpc) is 2.85. The van der Waals surface area contributed by atoms with Gasteiger partial charge in [0.05, 0.1) is 12.2 Å². The van der Waals surface area contributed by atoms with E-state index in [1.165, 1.54) is 4.88 Å². The Hall–Kier alpha value is -0.690. The molecule has 1 aliphatic heterocycles. The van der Waals surface area contributed by atoms with Crippen molar-refractivity contribution in [3.8, 4) is 0 Å². The van der Waals surface area contributed by atoms with Crippen molar-refractivity contribution in [3.63, 3.8) is 0 Å². The van der Waals surface area contributed by atoms with Gasteiger partial charge in [-0.2, -0.15) is 0 Å². The second kappa shape index (κ2) is 5.60. The summed E-state index contributed by atoms with van der Waals surface area (Å²) >= 11 is 1.56. The number of thiazole rings is 1. The maximum absolute atomic E-state index is 10.2. The van der Waals surface area contributed by atoms with Crippen molar-refractivity contribution in [1.82, 2.24) is 9.88 Å². The van der Waals surface area contributed by atoms with Crippen LogP contribution in [0.1, 0.15) is 31.1 Å². The Bertz CT molecular complexity index is 455.